The second kappa shape index (κ2) is 5.31. The van der Waals surface area contributed by atoms with Crippen molar-refractivity contribution in [1.29, 1.82) is 0 Å². The quantitative estimate of drug-likeness (QED) is 0.720. The van der Waals surface area contributed by atoms with Crippen molar-refractivity contribution in [1.82, 2.24) is 4.98 Å². The van der Waals surface area contributed by atoms with Gasteiger partial charge in [-0.25, -0.2) is 0 Å². The monoisotopic (exact) mass is 305 g/mol. The van der Waals surface area contributed by atoms with Gasteiger partial charge in [0.2, 0.25) is 5.78 Å². The first-order chi connectivity index (χ1) is 9.69. The molecule has 0 saturated carbocycles. The molecule has 0 amide bonds. The van der Waals surface area contributed by atoms with Crippen LogP contribution in [0.2, 0.25) is 4.34 Å². The minimum absolute atomic E-state index is 0.0261. The highest BCUT2D eigenvalue weighted by molar-refractivity contribution is 7.18. The molecule has 3 aromatic rings. The number of ether oxygens (including phenoxy) is 1. The Balaban J connectivity index is 2.06. The molecule has 0 unspecified atom stereocenters. The SMILES string of the molecule is CCOc1ccc2[nH]cc(C(=O)c3ccc(Cl)s3)c2c1. The molecule has 0 aliphatic heterocycles. The van der Waals surface area contributed by atoms with Crippen molar-refractivity contribution < 1.29 is 9.53 Å². The smallest absolute Gasteiger partial charge is 0.205 e. The van der Waals surface area contributed by atoms with E-state index in [9.17, 15) is 4.79 Å². The van der Waals surface area contributed by atoms with Gasteiger partial charge in [0.25, 0.3) is 0 Å². The maximum absolute atomic E-state index is 12.5. The van der Waals surface area contributed by atoms with Gasteiger partial charge in [-0.2, -0.15) is 0 Å². The molecule has 2 aromatic heterocycles. The van der Waals surface area contributed by atoms with E-state index in [1.54, 1.807) is 18.3 Å². The molecule has 1 N–H and O–H groups in total. The molecule has 2 heterocycles. The molecule has 0 radical (unpaired) electrons. The minimum Gasteiger partial charge on any atom is -0.494 e. The lowest BCUT2D eigenvalue weighted by Crippen LogP contribution is -1.97. The van der Waals surface area contributed by atoms with Gasteiger partial charge in [-0.1, -0.05) is 11.6 Å². The summed E-state index contributed by atoms with van der Waals surface area (Å²) in [6.45, 7) is 2.53. The van der Waals surface area contributed by atoms with Crippen molar-refractivity contribution in [2.24, 2.45) is 0 Å². The fourth-order valence-electron chi connectivity index (χ4n) is 2.11. The van der Waals surface area contributed by atoms with Gasteiger partial charge in [-0.05, 0) is 37.3 Å². The summed E-state index contributed by atoms with van der Waals surface area (Å²) in [7, 11) is 0. The summed E-state index contributed by atoms with van der Waals surface area (Å²) in [5.74, 6) is 0.736. The number of halogens is 1. The molecule has 3 rings (SSSR count). The van der Waals surface area contributed by atoms with Crippen LogP contribution in [0.25, 0.3) is 10.9 Å². The lowest BCUT2D eigenvalue weighted by Gasteiger charge is -2.03. The van der Waals surface area contributed by atoms with Crippen LogP contribution >= 0.6 is 22.9 Å². The van der Waals surface area contributed by atoms with Crippen LogP contribution < -0.4 is 4.74 Å². The topological polar surface area (TPSA) is 42.1 Å². The van der Waals surface area contributed by atoms with E-state index < -0.39 is 0 Å². The first kappa shape index (κ1) is 13.2. The summed E-state index contributed by atoms with van der Waals surface area (Å²) < 4.78 is 6.10. The van der Waals surface area contributed by atoms with E-state index >= 15 is 0 Å². The second-order valence-electron chi connectivity index (χ2n) is 4.28. The summed E-state index contributed by atoms with van der Waals surface area (Å²) in [4.78, 5) is 16.2. The van der Waals surface area contributed by atoms with Crippen LogP contribution in [0.15, 0.2) is 36.5 Å². The molecule has 0 bridgehead atoms. The van der Waals surface area contributed by atoms with Crippen molar-refractivity contribution in [2.45, 2.75) is 6.92 Å². The van der Waals surface area contributed by atoms with E-state index in [1.807, 2.05) is 25.1 Å². The highest BCUT2D eigenvalue weighted by Crippen LogP contribution is 2.29. The zero-order chi connectivity index (χ0) is 14.1. The largest absolute Gasteiger partial charge is 0.494 e. The number of fused-ring (bicyclic) bond motifs is 1. The summed E-state index contributed by atoms with van der Waals surface area (Å²) in [5.41, 5.74) is 1.56. The van der Waals surface area contributed by atoms with Crippen molar-refractivity contribution in [3.63, 3.8) is 0 Å². The number of aromatic amines is 1. The van der Waals surface area contributed by atoms with E-state index in [-0.39, 0.29) is 5.78 Å². The number of carbonyl (C=O) groups is 1. The first-order valence-electron chi connectivity index (χ1n) is 6.23. The van der Waals surface area contributed by atoms with Crippen LogP contribution in [0.5, 0.6) is 5.75 Å². The lowest BCUT2D eigenvalue weighted by molar-refractivity contribution is 0.104. The zero-order valence-corrected chi connectivity index (χ0v) is 12.3. The Labute approximate surface area is 125 Å². The van der Waals surface area contributed by atoms with Crippen LogP contribution in [0, 0.1) is 0 Å². The van der Waals surface area contributed by atoms with Gasteiger partial charge in [-0.3, -0.25) is 4.79 Å². The summed E-state index contributed by atoms with van der Waals surface area (Å²) in [6.07, 6.45) is 1.73. The Hall–Kier alpha value is -1.78. The third kappa shape index (κ3) is 2.32. The Morgan fingerprint density at radius 3 is 2.90 bits per heavy atom. The van der Waals surface area contributed by atoms with Gasteiger partial charge in [0.05, 0.1) is 15.8 Å². The Bertz CT molecular complexity index is 775. The molecule has 102 valence electrons. The maximum atomic E-state index is 12.5. The number of H-pyrrole nitrogens is 1. The van der Waals surface area contributed by atoms with E-state index in [1.165, 1.54) is 11.3 Å². The van der Waals surface area contributed by atoms with Crippen LogP contribution in [0.1, 0.15) is 22.2 Å². The maximum Gasteiger partial charge on any atom is 0.205 e. The predicted molar refractivity (Wildman–Crippen MR) is 82.2 cm³/mol. The van der Waals surface area contributed by atoms with Crippen LogP contribution in [-0.4, -0.2) is 17.4 Å². The van der Waals surface area contributed by atoms with Gasteiger partial charge in [0, 0.05) is 22.7 Å². The molecular weight excluding hydrogens is 294 g/mol. The number of carbonyl (C=O) groups excluding carboxylic acids is 1. The number of rotatable bonds is 4. The van der Waals surface area contributed by atoms with Crippen molar-refractivity contribution in [2.75, 3.05) is 6.61 Å². The van der Waals surface area contributed by atoms with E-state index in [0.717, 1.165) is 16.7 Å². The average molecular weight is 306 g/mol. The van der Waals surface area contributed by atoms with Crippen LogP contribution in [0.4, 0.5) is 0 Å². The fourth-order valence-corrected chi connectivity index (χ4v) is 3.11. The zero-order valence-electron chi connectivity index (χ0n) is 10.8. The van der Waals surface area contributed by atoms with Crippen molar-refractivity contribution >= 4 is 39.6 Å². The molecule has 20 heavy (non-hydrogen) atoms. The molecule has 0 fully saturated rings. The minimum atomic E-state index is -0.0261. The Morgan fingerprint density at radius 2 is 2.20 bits per heavy atom. The number of nitrogens with one attached hydrogen (secondary N) is 1. The van der Waals surface area contributed by atoms with Gasteiger partial charge in [0.15, 0.2) is 0 Å². The van der Waals surface area contributed by atoms with Crippen LogP contribution in [0.3, 0.4) is 0 Å². The van der Waals surface area contributed by atoms with Gasteiger partial charge in [0.1, 0.15) is 5.75 Å². The molecule has 1 aromatic carbocycles. The Kier molecular flexibility index (Phi) is 3.51. The first-order valence-corrected chi connectivity index (χ1v) is 7.42. The number of benzene rings is 1. The number of ketones is 1. The molecule has 3 nitrogen and oxygen atoms in total. The highest BCUT2D eigenvalue weighted by Gasteiger charge is 2.16. The van der Waals surface area contributed by atoms with Gasteiger partial charge < -0.3 is 9.72 Å². The number of hydrogen-bond donors (Lipinski definition) is 1. The van der Waals surface area contributed by atoms with Gasteiger partial charge in [-0.15, -0.1) is 11.3 Å². The third-order valence-electron chi connectivity index (χ3n) is 3.01. The molecule has 0 saturated heterocycles. The molecule has 5 heteroatoms. The molecule has 0 aliphatic carbocycles. The Morgan fingerprint density at radius 1 is 1.35 bits per heavy atom. The van der Waals surface area contributed by atoms with E-state index in [4.69, 9.17) is 16.3 Å². The normalized spacial score (nSPS) is 10.9. The van der Waals surface area contributed by atoms with Crippen molar-refractivity contribution in [3.8, 4) is 5.75 Å². The summed E-state index contributed by atoms with van der Waals surface area (Å²) in [6, 6.07) is 9.18. The third-order valence-corrected chi connectivity index (χ3v) is 4.24. The van der Waals surface area contributed by atoms with Gasteiger partial charge >= 0.3 is 0 Å². The second-order valence-corrected chi connectivity index (χ2v) is 5.99. The molecule has 0 spiro atoms. The number of thiophene rings is 1. The summed E-state index contributed by atoms with van der Waals surface area (Å²) >= 11 is 7.18. The average Bonchev–Trinajstić information content (AvgIpc) is 3.04. The standard InChI is InChI=1S/C15H12ClNO2S/c1-2-19-9-3-4-12-10(7-9)11(8-17-12)15(18)13-5-6-14(16)20-13/h3-8,17H,2H2,1H3. The van der Waals surface area contributed by atoms with E-state index in [0.29, 0.717) is 21.4 Å². The van der Waals surface area contributed by atoms with Crippen LogP contribution in [-0.2, 0) is 0 Å². The summed E-state index contributed by atoms with van der Waals surface area (Å²) in [5, 5.41) is 0.866. The highest BCUT2D eigenvalue weighted by atomic mass is 35.5. The number of aromatic nitrogens is 1. The molecule has 0 atom stereocenters. The lowest BCUT2D eigenvalue weighted by atomic mass is 10.1. The fraction of sp³-hybridized carbons (Fsp3) is 0.133. The predicted octanol–water partition coefficient (Wildman–Crippen LogP) is 4.51. The molecular formula is C15H12ClNO2S. The number of hydrogen-bond acceptors (Lipinski definition) is 3. The van der Waals surface area contributed by atoms with Crippen molar-refractivity contribution in [3.05, 3.63) is 51.3 Å². The molecule has 0 aliphatic rings. The van der Waals surface area contributed by atoms with E-state index in [2.05, 4.69) is 4.98 Å².